The molecule has 0 fully saturated rings. The van der Waals surface area contributed by atoms with E-state index < -0.39 is 11.9 Å². The number of furan rings is 1. The third-order valence-electron chi connectivity index (χ3n) is 4.17. The molecule has 1 aromatic heterocycles. The van der Waals surface area contributed by atoms with Gasteiger partial charge in [-0.25, -0.2) is 4.79 Å². The molecule has 3 rings (SSSR count). The van der Waals surface area contributed by atoms with Crippen molar-refractivity contribution in [1.29, 1.82) is 0 Å². The summed E-state index contributed by atoms with van der Waals surface area (Å²) in [5.41, 5.74) is 8.21. The molecule has 8 heteroatoms. The normalized spacial score (nSPS) is 10.2. The highest BCUT2D eigenvalue weighted by Gasteiger charge is 2.13. The van der Waals surface area contributed by atoms with Crippen molar-refractivity contribution in [2.45, 2.75) is 13.5 Å². The zero-order chi connectivity index (χ0) is 20.8. The molecule has 0 aliphatic carbocycles. The molecule has 0 aliphatic heterocycles. The summed E-state index contributed by atoms with van der Waals surface area (Å²) in [5.74, 6) is -0.525. The smallest absolute Gasteiger partial charge is 0.312 e. The first-order valence-electron chi connectivity index (χ1n) is 8.81. The molecule has 0 unspecified atom stereocenters. The van der Waals surface area contributed by atoms with E-state index in [9.17, 15) is 14.4 Å². The van der Waals surface area contributed by atoms with Gasteiger partial charge < -0.3 is 26.1 Å². The Hall–Kier alpha value is -4.07. The number of anilines is 2. The van der Waals surface area contributed by atoms with Crippen molar-refractivity contribution in [3.63, 3.8) is 0 Å². The Kier molecular flexibility index (Phi) is 5.94. The number of primary amides is 1. The molecular formula is C21H20N4O4. The predicted octanol–water partition coefficient (Wildman–Crippen LogP) is 3.26. The summed E-state index contributed by atoms with van der Waals surface area (Å²) in [6.07, 6.45) is 1.42. The lowest BCUT2D eigenvalue weighted by Gasteiger charge is -2.11. The van der Waals surface area contributed by atoms with E-state index in [0.29, 0.717) is 23.5 Å². The Bertz CT molecular complexity index is 1030. The van der Waals surface area contributed by atoms with Crippen LogP contribution in [0, 0.1) is 6.92 Å². The largest absolute Gasteiger partial charge is 0.459 e. The van der Waals surface area contributed by atoms with E-state index in [1.54, 1.807) is 54.6 Å². The molecular weight excluding hydrogens is 372 g/mol. The number of amides is 4. The number of carbonyl (C=O) groups excluding carboxylic acids is 3. The monoisotopic (exact) mass is 392 g/mol. The Morgan fingerprint density at radius 2 is 1.72 bits per heavy atom. The maximum absolute atomic E-state index is 12.6. The number of hydrogen-bond acceptors (Lipinski definition) is 4. The van der Waals surface area contributed by atoms with Crippen LogP contribution in [0.2, 0.25) is 0 Å². The van der Waals surface area contributed by atoms with Crippen molar-refractivity contribution >= 4 is 29.2 Å². The number of rotatable bonds is 6. The van der Waals surface area contributed by atoms with Crippen LogP contribution in [0.25, 0.3) is 0 Å². The zero-order valence-corrected chi connectivity index (χ0v) is 15.7. The summed E-state index contributed by atoms with van der Waals surface area (Å²) in [7, 11) is 0. The fourth-order valence-corrected chi connectivity index (χ4v) is 2.59. The average molecular weight is 392 g/mol. The summed E-state index contributed by atoms with van der Waals surface area (Å²) in [5, 5.41) is 8.04. The molecule has 29 heavy (non-hydrogen) atoms. The SMILES string of the molecule is Cc1ccc(C(=O)Nc2ccc(CNC(N)=O)cc2)cc1NC(=O)c1ccco1. The van der Waals surface area contributed by atoms with E-state index in [-0.39, 0.29) is 11.7 Å². The van der Waals surface area contributed by atoms with E-state index in [0.717, 1.165) is 11.1 Å². The predicted molar refractivity (Wildman–Crippen MR) is 109 cm³/mol. The number of benzene rings is 2. The highest BCUT2D eigenvalue weighted by Crippen LogP contribution is 2.19. The van der Waals surface area contributed by atoms with Gasteiger partial charge in [0, 0.05) is 23.5 Å². The van der Waals surface area contributed by atoms with E-state index in [2.05, 4.69) is 16.0 Å². The summed E-state index contributed by atoms with van der Waals surface area (Å²) < 4.78 is 5.08. The van der Waals surface area contributed by atoms with Gasteiger partial charge in [-0.15, -0.1) is 0 Å². The number of urea groups is 1. The van der Waals surface area contributed by atoms with Crippen LogP contribution in [-0.4, -0.2) is 17.8 Å². The minimum absolute atomic E-state index is 0.185. The third kappa shape index (κ3) is 5.23. The van der Waals surface area contributed by atoms with Gasteiger partial charge in [-0.3, -0.25) is 9.59 Å². The molecule has 0 aliphatic rings. The van der Waals surface area contributed by atoms with Gasteiger partial charge in [-0.2, -0.15) is 0 Å². The summed E-state index contributed by atoms with van der Waals surface area (Å²) >= 11 is 0. The van der Waals surface area contributed by atoms with Crippen molar-refractivity contribution in [2.24, 2.45) is 5.73 Å². The van der Waals surface area contributed by atoms with Gasteiger partial charge in [-0.1, -0.05) is 18.2 Å². The molecule has 148 valence electrons. The van der Waals surface area contributed by atoms with Crippen LogP contribution in [-0.2, 0) is 6.54 Å². The van der Waals surface area contributed by atoms with Gasteiger partial charge in [0.25, 0.3) is 11.8 Å². The van der Waals surface area contributed by atoms with Crippen molar-refractivity contribution in [2.75, 3.05) is 10.6 Å². The standard InChI is InChI=1S/C21H20N4O4/c1-13-4-7-15(11-17(13)25-20(27)18-3-2-10-29-18)19(26)24-16-8-5-14(6-9-16)12-23-21(22)28/h2-11H,12H2,1H3,(H,24,26)(H,25,27)(H3,22,23,28). The molecule has 5 N–H and O–H groups in total. The Morgan fingerprint density at radius 3 is 2.38 bits per heavy atom. The minimum Gasteiger partial charge on any atom is -0.459 e. The first-order valence-corrected chi connectivity index (χ1v) is 8.81. The highest BCUT2D eigenvalue weighted by molar-refractivity contribution is 6.07. The van der Waals surface area contributed by atoms with Crippen LogP contribution in [0.4, 0.5) is 16.2 Å². The first-order chi connectivity index (χ1) is 13.9. The van der Waals surface area contributed by atoms with Crippen LogP contribution in [0.3, 0.4) is 0 Å². The van der Waals surface area contributed by atoms with E-state index in [4.69, 9.17) is 10.2 Å². The lowest BCUT2D eigenvalue weighted by molar-refractivity contribution is 0.0993. The molecule has 8 nitrogen and oxygen atoms in total. The molecule has 3 aromatic rings. The quantitative estimate of drug-likeness (QED) is 0.513. The molecule has 0 spiro atoms. The zero-order valence-electron chi connectivity index (χ0n) is 15.7. The van der Waals surface area contributed by atoms with Crippen LogP contribution in [0.1, 0.15) is 32.0 Å². The molecule has 2 aromatic carbocycles. The maximum Gasteiger partial charge on any atom is 0.312 e. The first kappa shape index (κ1) is 19.7. The Labute approximate surface area is 167 Å². The number of carbonyl (C=O) groups is 3. The average Bonchev–Trinajstić information content (AvgIpc) is 3.24. The maximum atomic E-state index is 12.6. The fourth-order valence-electron chi connectivity index (χ4n) is 2.59. The summed E-state index contributed by atoms with van der Waals surface area (Å²) in [6.45, 7) is 2.14. The van der Waals surface area contributed by atoms with Gasteiger partial charge in [-0.05, 0) is 54.4 Å². The van der Waals surface area contributed by atoms with E-state index in [1.807, 2.05) is 6.92 Å². The van der Waals surface area contributed by atoms with Gasteiger partial charge in [0.1, 0.15) is 0 Å². The van der Waals surface area contributed by atoms with Gasteiger partial charge in [0.05, 0.1) is 6.26 Å². The molecule has 0 saturated carbocycles. The van der Waals surface area contributed by atoms with Crippen LogP contribution >= 0.6 is 0 Å². The second-order valence-corrected chi connectivity index (χ2v) is 6.33. The second-order valence-electron chi connectivity index (χ2n) is 6.33. The van der Waals surface area contributed by atoms with Crippen LogP contribution < -0.4 is 21.7 Å². The minimum atomic E-state index is -0.600. The Morgan fingerprint density at radius 1 is 0.966 bits per heavy atom. The summed E-state index contributed by atoms with van der Waals surface area (Å²) in [4.78, 5) is 35.5. The molecule has 4 amide bonds. The van der Waals surface area contributed by atoms with Gasteiger partial charge in [0.2, 0.25) is 0 Å². The number of hydrogen-bond donors (Lipinski definition) is 4. The second kappa shape index (κ2) is 8.75. The molecule has 1 heterocycles. The highest BCUT2D eigenvalue weighted by atomic mass is 16.3. The summed E-state index contributed by atoms with van der Waals surface area (Å²) in [6, 6.07) is 14.6. The fraction of sp³-hybridized carbons (Fsp3) is 0.0952. The lowest BCUT2D eigenvalue weighted by atomic mass is 10.1. The van der Waals surface area contributed by atoms with Crippen molar-refractivity contribution in [1.82, 2.24) is 5.32 Å². The van der Waals surface area contributed by atoms with E-state index >= 15 is 0 Å². The third-order valence-corrected chi connectivity index (χ3v) is 4.17. The molecule has 0 radical (unpaired) electrons. The van der Waals surface area contributed by atoms with Crippen molar-refractivity contribution in [3.05, 3.63) is 83.3 Å². The Balaban J connectivity index is 1.67. The number of nitrogens with two attached hydrogens (primary N) is 1. The van der Waals surface area contributed by atoms with E-state index in [1.165, 1.54) is 6.26 Å². The topological polar surface area (TPSA) is 126 Å². The lowest BCUT2D eigenvalue weighted by Crippen LogP contribution is -2.28. The van der Waals surface area contributed by atoms with Crippen molar-refractivity contribution < 1.29 is 18.8 Å². The number of aryl methyl sites for hydroxylation is 1. The van der Waals surface area contributed by atoms with Crippen molar-refractivity contribution in [3.8, 4) is 0 Å². The molecule has 0 bridgehead atoms. The van der Waals surface area contributed by atoms with Crippen LogP contribution in [0.5, 0.6) is 0 Å². The number of nitrogens with one attached hydrogen (secondary N) is 3. The van der Waals surface area contributed by atoms with Gasteiger partial charge >= 0.3 is 6.03 Å². The van der Waals surface area contributed by atoms with Gasteiger partial charge in [0.15, 0.2) is 5.76 Å². The molecule has 0 saturated heterocycles. The van der Waals surface area contributed by atoms with Crippen LogP contribution in [0.15, 0.2) is 65.3 Å². The molecule has 0 atom stereocenters.